The molecule has 0 bridgehead atoms. The van der Waals surface area contributed by atoms with E-state index in [-0.39, 0.29) is 6.61 Å². The van der Waals surface area contributed by atoms with Crippen LogP contribution >= 0.6 is 7.37 Å². The Morgan fingerprint density at radius 2 is 1.85 bits per heavy atom. The second kappa shape index (κ2) is 6.01. The highest BCUT2D eigenvalue weighted by Gasteiger charge is 2.67. The molecule has 1 N–H and O–H groups in total. The lowest BCUT2D eigenvalue weighted by molar-refractivity contribution is -0.232. The van der Waals surface area contributed by atoms with E-state index in [1.165, 1.54) is 32.0 Å². The fraction of sp³-hybridized carbons (Fsp3) is 0.385. The minimum absolute atomic E-state index is 0.267. The minimum Gasteiger partial charge on any atom is -0.367 e. The van der Waals surface area contributed by atoms with Crippen molar-refractivity contribution in [3.63, 3.8) is 0 Å². The van der Waals surface area contributed by atoms with Gasteiger partial charge in [0.05, 0.1) is 6.61 Å². The summed E-state index contributed by atoms with van der Waals surface area (Å²) in [6.45, 7) is 2.34. The van der Waals surface area contributed by atoms with E-state index in [0.29, 0.717) is 0 Å². The fourth-order valence-corrected chi connectivity index (χ4v) is 3.60. The standard InChI is InChI=1S/C13H14F3O3P/c1-3-10-20(18,19-4-2)12(17,13(14,15)16)11-8-6-5-7-9-11/h5-9,17H,4H2,1-2H3/t12-,20+/m1/s1. The molecule has 0 unspecified atom stereocenters. The summed E-state index contributed by atoms with van der Waals surface area (Å²) in [5, 5.41) is 6.53. The van der Waals surface area contributed by atoms with E-state index >= 15 is 0 Å². The van der Waals surface area contributed by atoms with Crippen LogP contribution in [0.2, 0.25) is 0 Å². The smallest absolute Gasteiger partial charge is 0.367 e. The number of alkyl halides is 3. The minimum atomic E-state index is -5.19. The molecule has 0 fully saturated rings. The molecule has 1 aromatic carbocycles. The summed E-state index contributed by atoms with van der Waals surface area (Å²) < 4.78 is 57.3. The normalized spacial score (nSPS) is 17.5. The maximum Gasteiger partial charge on any atom is 0.431 e. The summed E-state index contributed by atoms with van der Waals surface area (Å²) in [6.07, 6.45) is -5.19. The molecule has 0 aromatic heterocycles. The number of benzene rings is 1. The van der Waals surface area contributed by atoms with Gasteiger partial charge in [-0.25, -0.2) is 0 Å². The SMILES string of the molecule is CC#C[P@](=O)(OCC)[C@](O)(c1ccccc1)C(F)(F)F. The van der Waals surface area contributed by atoms with E-state index < -0.39 is 24.5 Å². The lowest BCUT2D eigenvalue weighted by Crippen LogP contribution is -2.42. The van der Waals surface area contributed by atoms with Gasteiger partial charge in [-0.15, -0.1) is 0 Å². The van der Waals surface area contributed by atoms with Crippen molar-refractivity contribution in [2.45, 2.75) is 25.4 Å². The fourth-order valence-electron chi connectivity index (χ4n) is 1.71. The highest BCUT2D eigenvalue weighted by Crippen LogP contribution is 2.67. The lowest BCUT2D eigenvalue weighted by atomic mass is 10.1. The number of halogens is 3. The number of rotatable bonds is 4. The summed E-state index contributed by atoms with van der Waals surface area (Å²) in [7, 11) is -4.72. The van der Waals surface area contributed by atoms with Crippen molar-refractivity contribution in [3.8, 4) is 11.6 Å². The summed E-state index contributed by atoms with van der Waals surface area (Å²) in [4.78, 5) is 0. The van der Waals surface area contributed by atoms with Gasteiger partial charge in [0.2, 0.25) is 0 Å². The molecule has 7 heteroatoms. The maximum atomic E-state index is 13.4. The Morgan fingerprint density at radius 3 is 2.25 bits per heavy atom. The predicted octanol–water partition coefficient (Wildman–Crippen LogP) is 3.69. The first-order chi connectivity index (χ1) is 9.23. The van der Waals surface area contributed by atoms with E-state index in [2.05, 4.69) is 5.92 Å². The molecule has 1 aromatic rings. The zero-order valence-electron chi connectivity index (χ0n) is 10.9. The molecule has 20 heavy (non-hydrogen) atoms. The highest BCUT2D eigenvalue weighted by atomic mass is 31.2. The first kappa shape index (κ1) is 16.8. The Balaban J connectivity index is 3.61. The van der Waals surface area contributed by atoms with Gasteiger partial charge in [0.15, 0.2) is 0 Å². The second-order valence-electron chi connectivity index (χ2n) is 3.87. The molecule has 0 amide bonds. The van der Waals surface area contributed by atoms with Crippen molar-refractivity contribution in [3.05, 3.63) is 35.9 Å². The van der Waals surface area contributed by atoms with Gasteiger partial charge in [0.1, 0.15) is 0 Å². The molecule has 3 nitrogen and oxygen atoms in total. The van der Waals surface area contributed by atoms with E-state index in [9.17, 15) is 22.8 Å². The van der Waals surface area contributed by atoms with Gasteiger partial charge < -0.3 is 9.63 Å². The van der Waals surface area contributed by atoms with Crippen LogP contribution in [-0.2, 0) is 14.4 Å². The Hall–Kier alpha value is -1.28. The van der Waals surface area contributed by atoms with Gasteiger partial charge in [0, 0.05) is 5.56 Å². The largest absolute Gasteiger partial charge is 0.431 e. The Bertz CT molecular complexity index is 560. The summed E-state index contributed by atoms with van der Waals surface area (Å²) in [5.74, 6) is 2.14. The van der Waals surface area contributed by atoms with Gasteiger partial charge in [-0.2, -0.15) is 13.2 Å². The topological polar surface area (TPSA) is 46.5 Å². The summed E-state index contributed by atoms with van der Waals surface area (Å²) in [5.41, 5.74) is 1.36. The highest BCUT2D eigenvalue weighted by molar-refractivity contribution is 7.65. The zero-order chi connectivity index (χ0) is 15.4. The number of hydrogen-bond acceptors (Lipinski definition) is 3. The van der Waals surface area contributed by atoms with Crippen molar-refractivity contribution in [1.29, 1.82) is 0 Å². The zero-order valence-corrected chi connectivity index (χ0v) is 11.8. The van der Waals surface area contributed by atoms with Crippen molar-refractivity contribution in [1.82, 2.24) is 0 Å². The predicted molar refractivity (Wildman–Crippen MR) is 69.1 cm³/mol. The van der Waals surface area contributed by atoms with Crippen LogP contribution in [0.4, 0.5) is 13.2 Å². The molecule has 0 aliphatic rings. The van der Waals surface area contributed by atoms with Crippen LogP contribution in [0.15, 0.2) is 30.3 Å². The quantitative estimate of drug-likeness (QED) is 0.681. The summed E-state index contributed by atoms with van der Waals surface area (Å²) in [6, 6.07) is 6.17. The molecule has 0 aliphatic carbocycles. The van der Waals surface area contributed by atoms with Crippen LogP contribution < -0.4 is 0 Å². The van der Waals surface area contributed by atoms with Gasteiger partial charge in [-0.1, -0.05) is 36.3 Å². The van der Waals surface area contributed by atoms with Crippen LogP contribution in [-0.4, -0.2) is 17.9 Å². The van der Waals surface area contributed by atoms with E-state index in [1.807, 2.05) is 5.66 Å². The molecular weight excluding hydrogens is 292 g/mol. The van der Waals surface area contributed by atoms with Crippen LogP contribution in [0, 0.1) is 11.6 Å². The molecule has 0 saturated heterocycles. The van der Waals surface area contributed by atoms with Crippen LogP contribution in [0.1, 0.15) is 19.4 Å². The molecule has 0 heterocycles. The number of hydrogen-bond donors (Lipinski definition) is 1. The van der Waals surface area contributed by atoms with Crippen LogP contribution in [0.25, 0.3) is 0 Å². The van der Waals surface area contributed by atoms with Crippen molar-refractivity contribution in [2.75, 3.05) is 6.61 Å². The molecule has 0 aliphatic heterocycles. The lowest BCUT2D eigenvalue weighted by Gasteiger charge is -2.34. The van der Waals surface area contributed by atoms with Crippen molar-refractivity contribution < 1.29 is 27.4 Å². The van der Waals surface area contributed by atoms with E-state index in [4.69, 9.17) is 4.52 Å². The van der Waals surface area contributed by atoms with E-state index in [1.54, 1.807) is 0 Å². The average molecular weight is 306 g/mol. The van der Waals surface area contributed by atoms with Crippen LogP contribution in [0.3, 0.4) is 0 Å². The molecule has 2 atom stereocenters. The van der Waals surface area contributed by atoms with Gasteiger partial charge >= 0.3 is 13.5 Å². The Morgan fingerprint density at radius 1 is 1.30 bits per heavy atom. The first-order valence-corrected chi connectivity index (χ1v) is 7.38. The third-order valence-electron chi connectivity index (χ3n) is 2.57. The second-order valence-corrected chi connectivity index (χ2v) is 6.10. The summed E-state index contributed by atoms with van der Waals surface area (Å²) >= 11 is 0. The molecular formula is C13H14F3O3P. The van der Waals surface area contributed by atoms with E-state index in [0.717, 1.165) is 12.1 Å². The van der Waals surface area contributed by atoms with Crippen molar-refractivity contribution >= 4 is 7.37 Å². The van der Waals surface area contributed by atoms with Crippen LogP contribution in [0.5, 0.6) is 0 Å². The third-order valence-corrected chi connectivity index (χ3v) is 5.07. The Kier molecular flexibility index (Phi) is 5.04. The first-order valence-electron chi connectivity index (χ1n) is 5.76. The molecule has 1 rings (SSSR count). The monoisotopic (exact) mass is 306 g/mol. The molecule has 0 saturated carbocycles. The van der Waals surface area contributed by atoms with Gasteiger partial charge in [-0.3, -0.25) is 4.57 Å². The average Bonchev–Trinajstić information content (AvgIpc) is 2.38. The van der Waals surface area contributed by atoms with Gasteiger partial charge in [-0.05, 0) is 19.5 Å². The van der Waals surface area contributed by atoms with Crippen molar-refractivity contribution in [2.24, 2.45) is 0 Å². The van der Waals surface area contributed by atoms with Gasteiger partial charge in [0.25, 0.3) is 5.34 Å². The molecule has 110 valence electrons. The number of aliphatic hydroxyl groups is 1. The molecule has 0 spiro atoms. The third kappa shape index (κ3) is 2.76. The molecule has 0 radical (unpaired) electrons. The Labute approximate surface area is 115 Å². The maximum absolute atomic E-state index is 13.4.